The molecule has 1 aliphatic heterocycles. The quantitative estimate of drug-likeness (QED) is 0.832. The van der Waals surface area contributed by atoms with Crippen LogP contribution in [0.15, 0.2) is 22.7 Å². The van der Waals surface area contributed by atoms with E-state index < -0.39 is 5.54 Å². The lowest BCUT2D eigenvalue weighted by Gasteiger charge is -2.40. The van der Waals surface area contributed by atoms with Gasteiger partial charge in [-0.25, -0.2) is 0 Å². The Balaban J connectivity index is 2.45. The van der Waals surface area contributed by atoms with E-state index in [2.05, 4.69) is 21.2 Å². The van der Waals surface area contributed by atoms with Crippen molar-refractivity contribution in [2.75, 3.05) is 7.05 Å². The fourth-order valence-corrected chi connectivity index (χ4v) is 2.71. The molecular weight excluding hydrogens is 318 g/mol. The summed E-state index contributed by atoms with van der Waals surface area (Å²) >= 11 is 9.59. The molecule has 0 saturated carbocycles. The molecule has 96 valence electrons. The Hall–Kier alpha value is -1.07. The predicted molar refractivity (Wildman–Crippen MR) is 74.8 cm³/mol. The van der Waals surface area contributed by atoms with Gasteiger partial charge in [0.2, 0.25) is 5.91 Å². The minimum absolute atomic E-state index is 0.0878. The zero-order chi connectivity index (χ0) is 13.5. The molecule has 0 bridgehead atoms. The van der Waals surface area contributed by atoms with Crippen molar-refractivity contribution in [2.45, 2.75) is 18.9 Å². The maximum absolute atomic E-state index is 11.9. The summed E-state index contributed by atoms with van der Waals surface area (Å²) in [5.41, 5.74) is 0.159. The third-order valence-corrected chi connectivity index (χ3v) is 3.95. The Morgan fingerprint density at radius 2 is 2.22 bits per heavy atom. The first-order valence-corrected chi connectivity index (χ1v) is 6.59. The maximum Gasteiger partial charge on any atom is 0.231 e. The minimum atomic E-state index is -0.651. The number of halogens is 2. The van der Waals surface area contributed by atoms with Gasteiger partial charge in [-0.15, -0.1) is 0 Å². The molecule has 2 N–H and O–H groups in total. The van der Waals surface area contributed by atoms with Crippen molar-refractivity contribution in [1.29, 1.82) is 5.41 Å². The van der Waals surface area contributed by atoms with Gasteiger partial charge in [-0.2, -0.15) is 0 Å². The van der Waals surface area contributed by atoms with Gasteiger partial charge in [-0.3, -0.25) is 15.1 Å². The van der Waals surface area contributed by atoms with Crippen molar-refractivity contribution in [3.63, 3.8) is 0 Å². The van der Waals surface area contributed by atoms with E-state index in [4.69, 9.17) is 17.0 Å². The van der Waals surface area contributed by atoms with Crippen LogP contribution in [0.3, 0.4) is 0 Å². The van der Waals surface area contributed by atoms with E-state index in [9.17, 15) is 4.79 Å². The predicted octanol–water partition coefficient (Wildman–Crippen LogP) is 2.70. The fourth-order valence-electron chi connectivity index (χ4n) is 2.02. The molecule has 1 fully saturated rings. The van der Waals surface area contributed by atoms with Crippen LogP contribution >= 0.6 is 27.5 Å². The SMILES string of the molecule is CN1C(=N)N[C@](C)(c2cc(Br)ccc2Cl)CC1=O. The molecule has 0 aromatic heterocycles. The number of nitrogens with one attached hydrogen (secondary N) is 2. The summed E-state index contributed by atoms with van der Waals surface area (Å²) in [4.78, 5) is 13.2. The van der Waals surface area contributed by atoms with Crippen LogP contribution in [0.4, 0.5) is 0 Å². The number of carbonyl (C=O) groups is 1. The monoisotopic (exact) mass is 329 g/mol. The number of benzene rings is 1. The molecule has 1 aromatic carbocycles. The van der Waals surface area contributed by atoms with Gasteiger partial charge in [-0.1, -0.05) is 27.5 Å². The Kier molecular flexibility index (Phi) is 3.38. The minimum Gasteiger partial charge on any atom is -0.346 e. The molecule has 1 saturated heterocycles. The largest absolute Gasteiger partial charge is 0.346 e. The van der Waals surface area contributed by atoms with Gasteiger partial charge in [0.15, 0.2) is 5.96 Å². The molecule has 4 nitrogen and oxygen atoms in total. The third kappa shape index (κ3) is 2.24. The van der Waals surface area contributed by atoms with Crippen LogP contribution in [0, 0.1) is 5.41 Å². The molecule has 18 heavy (non-hydrogen) atoms. The van der Waals surface area contributed by atoms with E-state index in [1.165, 1.54) is 4.90 Å². The van der Waals surface area contributed by atoms with E-state index in [0.717, 1.165) is 10.0 Å². The standard InChI is InChI=1S/C12H13BrClN3O/c1-12(6-10(18)17(2)11(15)16-12)8-5-7(13)3-4-9(8)14/h3-5H,6H2,1-2H3,(H2,15,16)/t12-/m0/s1. The summed E-state index contributed by atoms with van der Waals surface area (Å²) in [5, 5.41) is 11.4. The number of rotatable bonds is 1. The van der Waals surface area contributed by atoms with Crippen molar-refractivity contribution in [3.8, 4) is 0 Å². The summed E-state index contributed by atoms with van der Waals surface area (Å²) in [6.45, 7) is 1.88. The molecule has 2 rings (SSSR count). The number of carbonyl (C=O) groups excluding carboxylic acids is 1. The second-order valence-electron chi connectivity index (χ2n) is 4.56. The first-order valence-electron chi connectivity index (χ1n) is 5.42. The molecule has 6 heteroatoms. The van der Waals surface area contributed by atoms with Crippen LogP contribution < -0.4 is 5.32 Å². The third-order valence-electron chi connectivity index (χ3n) is 3.13. The van der Waals surface area contributed by atoms with Crippen molar-refractivity contribution in [2.24, 2.45) is 0 Å². The van der Waals surface area contributed by atoms with Crippen LogP contribution in [0.2, 0.25) is 5.02 Å². The lowest BCUT2D eigenvalue weighted by Crippen LogP contribution is -2.58. The van der Waals surface area contributed by atoms with Gasteiger partial charge in [0, 0.05) is 16.5 Å². The number of hydrogen-bond donors (Lipinski definition) is 2. The number of guanidine groups is 1. The summed E-state index contributed by atoms with van der Waals surface area (Å²) < 4.78 is 0.892. The van der Waals surface area contributed by atoms with Gasteiger partial charge in [-0.05, 0) is 30.7 Å². The number of amides is 1. The molecular formula is C12H13BrClN3O. The van der Waals surface area contributed by atoms with E-state index in [-0.39, 0.29) is 18.3 Å². The average Bonchev–Trinajstić information content (AvgIpc) is 2.29. The first-order chi connectivity index (χ1) is 8.33. The summed E-state index contributed by atoms with van der Waals surface area (Å²) in [6.07, 6.45) is 0.266. The molecule has 1 amide bonds. The summed E-state index contributed by atoms with van der Waals surface area (Å²) in [6, 6.07) is 5.50. The van der Waals surface area contributed by atoms with Gasteiger partial charge in [0.1, 0.15) is 0 Å². The van der Waals surface area contributed by atoms with Crippen molar-refractivity contribution in [3.05, 3.63) is 33.3 Å². The molecule has 0 spiro atoms. The van der Waals surface area contributed by atoms with Gasteiger partial charge in [0.25, 0.3) is 0 Å². The summed E-state index contributed by atoms with van der Waals surface area (Å²) in [7, 11) is 1.58. The van der Waals surface area contributed by atoms with Crippen molar-refractivity contribution in [1.82, 2.24) is 10.2 Å². The highest BCUT2D eigenvalue weighted by Crippen LogP contribution is 2.35. The molecule has 0 unspecified atom stereocenters. The molecule has 1 heterocycles. The molecule has 1 atom stereocenters. The van der Waals surface area contributed by atoms with Crippen molar-refractivity contribution < 1.29 is 4.79 Å². The second-order valence-corrected chi connectivity index (χ2v) is 5.88. The van der Waals surface area contributed by atoms with E-state index in [0.29, 0.717) is 5.02 Å². The number of nitrogens with zero attached hydrogens (tertiary/aromatic N) is 1. The highest BCUT2D eigenvalue weighted by Gasteiger charge is 2.39. The van der Waals surface area contributed by atoms with Crippen LogP contribution in [0.1, 0.15) is 18.9 Å². The van der Waals surface area contributed by atoms with Crippen LogP contribution in [0.5, 0.6) is 0 Å². The average molecular weight is 331 g/mol. The fraction of sp³-hybridized carbons (Fsp3) is 0.333. The zero-order valence-corrected chi connectivity index (χ0v) is 12.4. The smallest absolute Gasteiger partial charge is 0.231 e. The lowest BCUT2D eigenvalue weighted by molar-refractivity contribution is -0.129. The van der Waals surface area contributed by atoms with Gasteiger partial charge < -0.3 is 5.32 Å². The Morgan fingerprint density at radius 3 is 2.83 bits per heavy atom. The highest BCUT2D eigenvalue weighted by molar-refractivity contribution is 9.10. The van der Waals surface area contributed by atoms with E-state index >= 15 is 0 Å². The maximum atomic E-state index is 11.9. The Labute approximate surface area is 119 Å². The van der Waals surface area contributed by atoms with Crippen molar-refractivity contribution >= 4 is 39.4 Å². The zero-order valence-electron chi connectivity index (χ0n) is 10.1. The van der Waals surface area contributed by atoms with Crippen LogP contribution in [-0.4, -0.2) is 23.8 Å². The molecule has 0 radical (unpaired) electrons. The van der Waals surface area contributed by atoms with E-state index in [1.807, 2.05) is 19.1 Å². The number of hydrogen-bond acceptors (Lipinski definition) is 2. The Morgan fingerprint density at radius 1 is 1.56 bits per heavy atom. The van der Waals surface area contributed by atoms with Gasteiger partial charge in [0.05, 0.1) is 12.0 Å². The topological polar surface area (TPSA) is 56.2 Å². The summed E-state index contributed by atoms with van der Waals surface area (Å²) in [5.74, 6) is -0.0120. The van der Waals surface area contributed by atoms with E-state index in [1.54, 1.807) is 13.1 Å². The second kappa shape index (κ2) is 4.55. The Bertz CT molecular complexity index is 514. The van der Waals surface area contributed by atoms with Gasteiger partial charge >= 0.3 is 0 Å². The molecule has 1 aromatic rings. The van der Waals surface area contributed by atoms with Crippen LogP contribution in [0.25, 0.3) is 0 Å². The molecule has 1 aliphatic rings. The van der Waals surface area contributed by atoms with Crippen LogP contribution in [-0.2, 0) is 10.3 Å². The highest BCUT2D eigenvalue weighted by atomic mass is 79.9. The molecule has 0 aliphatic carbocycles. The first kappa shape index (κ1) is 13.4. The normalized spacial score (nSPS) is 24.1. The lowest BCUT2D eigenvalue weighted by atomic mass is 9.86.